The minimum absolute atomic E-state index is 0.0957. The molecule has 0 fully saturated rings. The molecule has 8 heteroatoms. The van der Waals surface area contributed by atoms with E-state index < -0.39 is 30.1 Å². The van der Waals surface area contributed by atoms with Gasteiger partial charge >= 0.3 is 6.03 Å². The van der Waals surface area contributed by atoms with Crippen LogP contribution in [0.2, 0.25) is 0 Å². The van der Waals surface area contributed by atoms with Gasteiger partial charge in [-0.2, -0.15) is 0 Å². The van der Waals surface area contributed by atoms with Crippen LogP contribution in [0.4, 0.5) is 14.9 Å². The SMILES string of the molecule is CN(C)C(=O)C[C@@H]1C=C[C@H](NC(=O)Nc2cccc(F)c2)[C@H](CO)O1. The number of halogens is 1. The summed E-state index contributed by atoms with van der Waals surface area (Å²) in [6.07, 6.45) is 2.38. The summed E-state index contributed by atoms with van der Waals surface area (Å²) >= 11 is 0. The predicted octanol–water partition coefficient (Wildman–Crippen LogP) is 1.11. The second-order valence-electron chi connectivity index (χ2n) is 5.91. The van der Waals surface area contributed by atoms with E-state index in [9.17, 15) is 19.1 Å². The van der Waals surface area contributed by atoms with Gasteiger partial charge < -0.3 is 25.4 Å². The highest BCUT2D eigenvalue weighted by Gasteiger charge is 2.29. The molecule has 0 radical (unpaired) electrons. The van der Waals surface area contributed by atoms with Crippen LogP contribution in [-0.2, 0) is 9.53 Å². The second-order valence-corrected chi connectivity index (χ2v) is 5.91. The monoisotopic (exact) mass is 351 g/mol. The van der Waals surface area contributed by atoms with E-state index in [4.69, 9.17) is 4.74 Å². The Balaban J connectivity index is 1.94. The van der Waals surface area contributed by atoms with E-state index >= 15 is 0 Å². The quantitative estimate of drug-likeness (QED) is 0.693. The van der Waals surface area contributed by atoms with E-state index in [2.05, 4.69) is 10.6 Å². The summed E-state index contributed by atoms with van der Waals surface area (Å²) in [5, 5.41) is 14.6. The highest BCUT2D eigenvalue weighted by molar-refractivity contribution is 5.89. The van der Waals surface area contributed by atoms with Gasteiger partial charge in [0.2, 0.25) is 5.91 Å². The molecule has 3 atom stereocenters. The number of nitrogens with zero attached hydrogens (tertiary/aromatic N) is 1. The first-order valence-electron chi connectivity index (χ1n) is 7.87. The third-order valence-electron chi connectivity index (χ3n) is 3.72. The Labute approximate surface area is 145 Å². The third-order valence-corrected chi connectivity index (χ3v) is 3.72. The lowest BCUT2D eigenvalue weighted by Gasteiger charge is -2.32. The van der Waals surface area contributed by atoms with E-state index in [1.54, 1.807) is 32.3 Å². The van der Waals surface area contributed by atoms with Crippen molar-refractivity contribution in [2.75, 3.05) is 26.0 Å². The van der Waals surface area contributed by atoms with Crippen molar-refractivity contribution < 1.29 is 23.8 Å². The molecular formula is C17H22FN3O4. The fraction of sp³-hybridized carbons (Fsp3) is 0.412. The maximum Gasteiger partial charge on any atom is 0.319 e. The summed E-state index contributed by atoms with van der Waals surface area (Å²) in [4.78, 5) is 25.2. The van der Waals surface area contributed by atoms with E-state index in [1.165, 1.54) is 23.1 Å². The number of aliphatic hydroxyl groups is 1. The molecule has 3 amide bonds. The molecular weight excluding hydrogens is 329 g/mol. The van der Waals surface area contributed by atoms with Crippen LogP contribution in [-0.4, -0.2) is 60.9 Å². The number of hydrogen-bond donors (Lipinski definition) is 3. The molecule has 0 saturated carbocycles. The van der Waals surface area contributed by atoms with Crippen LogP contribution in [0.3, 0.4) is 0 Å². The van der Waals surface area contributed by atoms with Gasteiger partial charge in [0, 0.05) is 19.8 Å². The van der Waals surface area contributed by atoms with Crippen molar-refractivity contribution in [1.82, 2.24) is 10.2 Å². The number of amides is 3. The number of ether oxygens (including phenoxy) is 1. The zero-order valence-electron chi connectivity index (χ0n) is 14.1. The normalized spacial score (nSPS) is 22.3. The molecule has 0 bridgehead atoms. The van der Waals surface area contributed by atoms with Crippen LogP contribution >= 0.6 is 0 Å². The van der Waals surface area contributed by atoms with Gasteiger partial charge in [-0.3, -0.25) is 4.79 Å². The molecule has 1 aliphatic heterocycles. The van der Waals surface area contributed by atoms with Gasteiger partial charge in [-0.1, -0.05) is 18.2 Å². The van der Waals surface area contributed by atoms with Gasteiger partial charge in [0.25, 0.3) is 0 Å². The van der Waals surface area contributed by atoms with E-state index in [0.29, 0.717) is 5.69 Å². The molecule has 0 spiro atoms. The molecule has 0 aromatic heterocycles. The van der Waals surface area contributed by atoms with Crippen molar-refractivity contribution in [3.8, 4) is 0 Å². The summed E-state index contributed by atoms with van der Waals surface area (Å²) in [6.45, 7) is -0.318. The van der Waals surface area contributed by atoms with Gasteiger partial charge in [0.05, 0.1) is 25.2 Å². The highest BCUT2D eigenvalue weighted by Crippen LogP contribution is 2.17. The summed E-state index contributed by atoms with van der Waals surface area (Å²) in [7, 11) is 3.30. The van der Waals surface area contributed by atoms with Crippen molar-refractivity contribution in [3.05, 3.63) is 42.2 Å². The molecule has 136 valence electrons. The first kappa shape index (κ1) is 18.9. The lowest BCUT2D eigenvalue weighted by molar-refractivity contribution is -0.132. The number of rotatable bonds is 5. The molecule has 7 nitrogen and oxygen atoms in total. The van der Waals surface area contributed by atoms with Crippen molar-refractivity contribution in [1.29, 1.82) is 0 Å². The molecule has 0 saturated heterocycles. The Morgan fingerprint density at radius 3 is 2.72 bits per heavy atom. The predicted molar refractivity (Wildman–Crippen MR) is 90.5 cm³/mol. The van der Waals surface area contributed by atoms with E-state index in [1.807, 2.05) is 0 Å². The van der Waals surface area contributed by atoms with Crippen LogP contribution in [0.25, 0.3) is 0 Å². The van der Waals surface area contributed by atoms with Crippen LogP contribution in [0, 0.1) is 5.82 Å². The second kappa shape index (κ2) is 8.59. The van der Waals surface area contributed by atoms with Crippen molar-refractivity contribution in [3.63, 3.8) is 0 Å². The van der Waals surface area contributed by atoms with Gasteiger partial charge in [0.15, 0.2) is 0 Å². The minimum atomic E-state index is -0.678. The Morgan fingerprint density at radius 2 is 2.08 bits per heavy atom. The number of benzene rings is 1. The van der Waals surface area contributed by atoms with E-state index in [0.717, 1.165) is 0 Å². The smallest absolute Gasteiger partial charge is 0.319 e. The number of carbonyl (C=O) groups is 2. The summed E-state index contributed by atoms with van der Waals surface area (Å²) in [6, 6.07) is 4.39. The average molecular weight is 351 g/mol. The Morgan fingerprint density at radius 1 is 1.32 bits per heavy atom. The molecule has 1 heterocycles. The Bertz CT molecular complexity index is 651. The summed E-state index contributed by atoms with van der Waals surface area (Å²) in [5.41, 5.74) is 0.313. The summed E-state index contributed by atoms with van der Waals surface area (Å²) < 4.78 is 18.8. The van der Waals surface area contributed by atoms with Crippen LogP contribution in [0.15, 0.2) is 36.4 Å². The number of hydrogen-bond acceptors (Lipinski definition) is 4. The molecule has 1 aromatic rings. The standard InChI is InChI=1S/C17H22FN3O4/c1-21(2)16(23)9-13-6-7-14(15(10-22)25-13)20-17(24)19-12-5-3-4-11(18)8-12/h3-8,13-15,22H,9-10H2,1-2H3,(H2,19,20,24)/t13-,14-,15-/m0/s1. The van der Waals surface area contributed by atoms with Crippen LogP contribution in [0.5, 0.6) is 0 Å². The number of anilines is 1. The Hall–Kier alpha value is -2.45. The molecule has 2 rings (SSSR count). The molecule has 0 aliphatic carbocycles. The van der Waals surface area contributed by atoms with Crippen LogP contribution < -0.4 is 10.6 Å². The topological polar surface area (TPSA) is 90.9 Å². The van der Waals surface area contributed by atoms with Gasteiger partial charge in [-0.25, -0.2) is 9.18 Å². The molecule has 1 aromatic carbocycles. The fourth-order valence-corrected chi connectivity index (χ4v) is 2.38. The number of nitrogens with one attached hydrogen (secondary N) is 2. The van der Waals surface area contributed by atoms with Crippen LogP contribution in [0.1, 0.15) is 6.42 Å². The van der Waals surface area contributed by atoms with Crippen molar-refractivity contribution >= 4 is 17.6 Å². The first-order valence-corrected chi connectivity index (χ1v) is 7.87. The van der Waals surface area contributed by atoms with Crippen molar-refractivity contribution in [2.24, 2.45) is 0 Å². The first-order chi connectivity index (χ1) is 11.9. The zero-order chi connectivity index (χ0) is 18.4. The summed E-state index contributed by atoms with van der Waals surface area (Å²) in [5.74, 6) is -0.554. The Kier molecular flexibility index (Phi) is 6.49. The fourth-order valence-electron chi connectivity index (χ4n) is 2.38. The van der Waals surface area contributed by atoms with Gasteiger partial charge in [0.1, 0.15) is 11.9 Å². The molecule has 0 unspecified atom stereocenters. The molecule has 1 aliphatic rings. The largest absolute Gasteiger partial charge is 0.394 e. The molecule has 3 N–H and O–H groups in total. The average Bonchev–Trinajstić information content (AvgIpc) is 2.56. The lowest BCUT2D eigenvalue weighted by Crippen LogP contribution is -2.50. The highest BCUT2D eigenvalue weighted by atomic mass is 19.1. The lowest BCUT2D eigenvalue weighted by atomic mass is 10.0. The maximum atomic E-state index is 13.1. The zero-order valence-corrected chi connectivity index (χ0v) is 14.1. The number of carbonyl (C=O) groups excluding carboxylic acids is 2. The van der Waals surface area contributed by atoms with Gasteiger partial charge in [-0.05, 0) is 18.2 Å². The maximum absolute atomic E-state index is 13.1. The minimum Gasteiger partial charge on any atom is -0.394 e. The third kappa shape index (κ3) is 5.54. The van der Waals surface area contributed by atoms with E-state index in [-0.39, 0.29) is 18.9 Å². The molecule has 25 heavy (non-hydrogen) atoms. The number of aliphatic hydroxyl groups excluding tert-OH is 1. The van der Waals surface area contributed by atoms with Crippen molar-refractivity contribution in [2.45, 2.75) is 24.7 Å². The number of urea groups is 1. The van der Waals surface area contributed by atoms with Gasteiger partial charge in [-0.15, -0.1) is 0 Å².